The molecular weight excluding hydrogens is 419 g/mol. The highest BCUT2D eigenvalue weighted by molar-refractivity contribution is 14.1. The van der Waals surface area contributed by atoms with Crippen LogP contribution in [-0.4, -0.2) is 0 Å². The van der Waals surface area contributed by atoms with Crippen molar-refractivity contribution < 1.29 is 8.78 Å². The molecule has 0 N–H and O–H groups in total. The van der Waals surface area contributed by atoms with E-state index in [1.807, 2.05) is 65.6 Å². The Labute approximate surface area is 154 Å². The van der Waals surface area contributed by atoms with Gasteiger partial charge in [-0.25, -0.2) is 8.78 Å². The molecule has 0 aliphatic rings. The summed E-state index contributed by atoms with van der Waals surface area (Å²) in [5, 5.41) is 0. The van der Waals surface area contributed by atoms with Gasteiger partial charge in [0.1, 0.15) is 11.6 Å². The SMILES string of the molecule is Fc1cc(N(Cc2ccccc2)Cc2ccccc2)cc(F)c1I. The van der Waals surface area contributed by atoms with Gasteiger partial charge >= 0.3 is 0 Å². The van der Waals surface area contributed by atoms with Gasteiger partial charge in [-0.3, -0.25) is 0 Å². The average Bonchev–Trinajstić information content (AvgIpc) is 2.60. The normalized spacial score (nSPS) is 10.6. The molecule has 0 heterocycles. The van der Waals surface area contributed by atoms with Crippen LogP contribution in [0.5, 0.6) is 0 Å². The van der Waals surface area contributed by atoms with Crippen molar-refractivity contribution in [1.82, 2.24) is 0 Å². The first-order valence-corrected chi connectivity index (χ1v) is 8.68. The maximum atomic E-state index is 14.0. The minimum absolute atomic E-state index is 0.0238. The fourth-order valence-corrected chi connectivity index (χ4v) is 2.88. The first-order chi connectivity index (χ1) is 11.6. The van der Waals surface area contributed by atoms with Crippen molar-refractivity contribution in [3.05, 3.63) is 99.1 Å². The van der Waals surface area contributed by atoms with E-state index in [1.165, 1.54) is 12.1 Å². The van der Waals surface area contributed by atoms with Gasteiger partial charge < -0.3 is 4.90 Å². The third-order valence-corrected chi connectivity index (χ3v) is 4.80. The second-order valence-electron chi connectivity index (χ2n) is 5.55. The van der Waals surface area contributed by atoms with Gasteiger partial charge in [-0.05, 0) is 45.9 Å². The molecule has 1 nitrogen and oxygen atoms in total. The number of nitrogens with zero attached hydrogens (tertiary/aromatic N) is 1. The van der Waals surface area contributed by atoms with Gasteiger partial charge in [-0.15, -0.1) is 0 Å². The Morgan fingerprint density at radius 1 is 0.708 bits per heavy atom. The van der Waals surface area contributed by atoms with Crippen molar-refractivity contribution in [2.24, 2.45) is 0 Å². The molecule has 0 radical (unpaired) electrons. The van der Waals surface area contributed by atoms with Gasteiger partial charge in [-0.1, -0.05) is 60.7 Å². The van der Waals surface area contributed by atoms with Gasteiger partial charge in [0.15, 0.2) is 0 Å². The van der Waals surface area contributed by atoms with Gasteiger partial charge in [0, 0.05) is 18.8 Å². The lowest BCUT2D eigenvalue weighted by Crippen LogP contribution is -2.22. The monoisotopic (exact) mass is 435 g/mol. The molecule has 0 bridgehead atoms. The number of benzene rings is 3. The van der Waals surface area contributed by atoms with Gasteiger partial charge in [-0.2, -0.15) is 0 Å². The second kappa shape index (κ2) is 7.75. The Balaban J connectivity index is 1.95. The number of hydrogen-bond donors (Lipinski definition) is 0. The van der Waals surface area contributed by atoms with Crippen LogP contribution in [0.3, 0.4) is 0 Å². The standard InChI is InChI=1S/C20H16F2IN/c21-18-11-17(12-19(22)20(18)23)24(13-15-7-3-1-4-8-15)14-16-9-5-2-6-10-16/h1-12H,13-14H2. The lowest BCUT2D eigenvalue weighted by atomic mass is 10.1. The van der Waals surface area contributed by atoms with Crippen LogP contribution < -0.4 is 4.90 Å². The largest absolute Gasteiger partial charge is 0.363 e. The summed E-state index contributed by atoms with van der Waals surface area (Å²) in [5.74, 6) is -1.06. The summed E-state index contributed by atoms with van der Waals surface area (Å²) in [7, 11) is 0. The summed E-state index contributed by atoms with van der Waals surface area (Å²) in [6.07, 6.45) is 0. The summed E-state index contributed by atoms with van der Waals surface area (Å²) < 4.78 is 28.0. The van der Waals surface area contributed by atoms with E-state index in [0.717, 1.165) is 11.1 Å². The first kappa shape index (κ1) is 16.9. The Kier molecular flexibility index (Phi) is 5.45. The molecule has 0 amide bonds. The van der Waals surface area contributed by atoms with Crippen LogP contribution in [0.25, 0.3) is 0 Å². The molecular formula is C20H16F2IN. The lowest BCUT2D eigenvalue weighted by molar-refractivity contribution is 0.568. The molecule has 0 aliphatic heterocycles. The number of anilines is 1. The van der Waals surface area contributed by atoms with E-state index in [1.54, 1.807) is 22.6 Å². The number of rotatable bonds is 5. The fraction of sp³-hybridized carbons (Fsp3) is 0.100. The van der Waals surface area contributed by atoms with Gasteiger partial charge in [0.2, 0.25) is 0 Å². The highest BCUT2D eigenvalue weighted by Gasteiger charge is 2.14. The topological polar surface area (TPSA) is 3.24 Å². The molecule has 0 fully saturated rings. The molecule has 0 unspecified atom stereocenters. The number of hydrogen-bond acceptors (Lipinski definition) is 1. The van der Waals surface area contributed by atoms with Crippen LogP contribution in [0, 0.1) is 15.2 Å². The molecule has 0 atom stereocenters. The Bertz CT molecular complexity index is 742. The summed E-state index contributed by atoms with van der Waals surface area (Å²) in [5.41, 5.74) is 2.72. The Morgan fingerprint density at radius 2 is 1.12 bits per heavy atom. The molecule has 24 heavy (non-hydrogen) atoms. The molecule has 0 aliphatic carbocycles. The van der Waals surface area contributed by atoms with Crippen molar-refractivity contribution in [2.45, 2.75) is 13.1 Å². The molecule has 0 saturated carbocycles. The zero-order valence-electron chi connectivity index (χ0n) is 12.9. The van der Waals surface area contributed by atoms with E-state index >= 15 is 0 Å². The highest BCUT2D eigenvalue weighted by Crippen LogP contribution is 2.26. The molecule has 3 aromatic rings. The Morgan fingerprint density at radius 3 is 1.54 bits per heavy atom. The molecule has 0 spiro atoms. The van der Waals surface area contributed by atoms with Crippen molar-refractivity contribution in [3.8, 4) is 0 Å². The predicted octanol–water partition coefficient (Wildman–Crippen LogP) is 5.78. The van der Waals surface area contributed by atoms with E-state index in [4.69, 9.17) is 0 Å². The minimum Gasteiger partial charge on any atom is -0.363 e. The maximum Gasteiger partial charge on any atom is 0.141 e. The maximum absolute atomic E-state index is 14.0. The van der Waals surface area contributed by atoms with Crippen molar-refractivity contribution >= 4 is 28.3 Å². The average molecular weight is 435 g/mol. The second-order valence-corrected chi connectivity index (χ2v) is 6.63. The molecule has 4 heteroatoms. The molecule has 0 aromatic heterocycles. The third-order valence-electron chi connectivity index (χ3n) is 3.77. The van der Waals surface area contributed by atoms with Crippen LogP contribution in [-0.2, 0) is 13.1 Å². The molecule has 3 rings (SSSR count). The van der Waals surface area contributed by atoms with Crippen molar-refractivity contribution in [3.63, 3.8) is 0 Å². The quantitative estimate of drug-likeness (QED) is 0.363. The summed E-state index contributed by atoms with van der Waals surface area (Å²) in [4.78, 5) is 1.98. The number of halogens is 3. The molecule has 0 saturated heterocycles. The fourth-order valence-electron chi connectivity index (χ4n) is 2.57. The summed E-state index contributed by atoms with van der Waals surface area (Å²) in [6.45, 7) is 1.16. The van der Waals surface area contributed by atoms with Crippen molar-refractivity contribution in [1.29, 1.82) is 0 Å². The van der Waals surface area contributed by atoms with Crippen LogP contribution in [0.2, 0.25) is 0 Å². The molecule has 3 aromatic carbocycles. The third kappa shape index (κ3) is 4.12. The van der Waals surface area contributed by atoms with E-state index in [-0.39, 0.29) is 3.57 Å². The van der Waals surface area contributed by atoms with E-state index < -0.39 is 11.6 Å². The zero-order chi connectivity index (χ0) is 16.9. The van der Waals surface area contributed by atoms with Gasteiger partial charge in [0.25, 0.3) is 0 Å². The van der Waals surface area contributed by atoms with Crippen LogP contribution in [0.15, 0.2) is 72.8 Å². The van der Waals surface area contributed by atoms with Crippen LogP contribution in [0.4, 0.5) is 14.5 Å². The lowest BCUT2D eigenvalue weighted by Gasteiger charge is -2.25. The van der Waals surface area contributed by atoms with E-state index in [2.05, 4.69) is 0 Å². The van der Waals surface area contributed by atoms with Crippen LogP contribution in [0.1, 0.15) is 11.1 Å². The van der Waals surface area contributed by atoms with Crippen LogP contribution >= 0.6 is 22.6 Å². The van der Waals surface area contributed by atoms with Gasteiger partial charge in [0.05, 0.1) is 3.57 Å². The van der Waals surface area contributed by atoms with E-state index in [0.29, 0.717) is 18.8 Å². The molecule has 122 valence electrons. The Hall–Kier alpha value is -1.95. The predicted molar refractivity (Wildman–Crippen MR) is 102 cm³/mol. The smallest absolute Gasteiger partial charge is 0.141 e. The van der Waals surface area contributed by atoms with E-state index in [9.17, 15) is 8.78 Å². The summed E-state index contributed by atoms with van der Waals surface area (Å²) >= 11 is 1.69. The first-order valence-electron chi connectivity index (χ1n) is 7.61. The minimum atomic E-state index is -0.531. The highest BCUT2D eigenvalue weighted by atomic mass is 127. The summed E-state index contributed by atoms with van der Waals surface area (Å²) in [6, 6.07) is 22.6. The van der Waals surface area contributed by atoms with Crippen molar-refractivity contribution in [2.75, 3.05) is 4.90 Å². The zero-order valence-corrected chi connectivity index (χ0v) is 15.1.